The van der Waals surface area contributed by atoms with E-state index in [1.165, 1.54) is 6.07 Å². The topological polar surface area (TPSA) is 57.1 Å². The fourth-order valence-corrected chi connectivity index (χ4v) is 5.06. The van der Waals surface area contributed by atoms with E-state index in [0.29, 0.717) is 36.1 Å². The van der Waals surface area contributed by atoms with Gasteiger partial charge in [-0.25, -0.2) is 0 Å². The minimum Gasteiger partial charge on any atom is -0.362 e. The number of carbonyl (C=O) groups excluding carboxylic acids is 1. The Kier molecular flexibility index (Phi) is 4.69. The largest absolute Gasteiger partial charge is 0.416 e. The summed E-state index contributed by atoms with van der Waals surface area (Å²) in [6, 6.07) is 14.6. The van der Waals surface area contributed by atoms with Gasteiger partial charge in [0, 0.05) is 29.9 Å². The van der Waals surface area contributed by atoms with Crippen molar-refractivity contribution in [2.45, 2.75) is 37.5 Å². The summed E-state index contributed by atoms with van der Waals surface area (Å²) < 4.78 is 40.7. The Morgan fingerprint density at radius 2 is 1.94 bits per heavy atom. The molecule has 1 N–H and O–H groups in total. The van der Waals surface area contributed by atoms with E-state index in [1.54, 1.807) is 17.2 Å². The van der Waals surface area contributed by atoms with E-state index in [0.717, 1.165) is 23.5 Å². The highest BCUT2D eigenvalue weighted by molar-refractivity contribution is 6.09. The molecule has 0 aliphatic carbocycles. The number of carbonyl (C=O) groups is 1. The lowest BCUT2D eigenvalue weighted by atomic mass is 9.62. The smallest absolute Gasteiger partial charge is 0.362 e. The van der Waals surface area contributed by atoms with Crippen LogP contribution in [0.4, 0.5) is 18.9 Å². The average molecular weight is 438 g/mol. The van der Waals surface area contributed by atoms with E-state index in [4.69, 9.17) is 0 Å². The number of hydrogen-bond acceptors (Lipinski definition) is 4. The Hall–Kier alpha value is -3.42. The first-order valence-corrected chi connectivity index (χ1v) is 10.5. The first-order chi connectivity index (χ1) is 15.4. The van der Waals surface area contributed by atoms with Gasteiger partial charge >= 0.3 is 6.18 Å². The number of hydrogen-bond donors (Lipinski definition) is 1. The van der Waals surface area contributed by atoms with E-state index < -0.39 is 23.3 Å². The molecule has 0 aromatic heterocycles. The van der Waals surface area contributed by atoms with E-state index in [2.05, 4.69) is 15.5 Å². The molecule has 8 heteroatoms. The molecule has 3 aliphatic rings. The summed E-state index contributed by atoms with van der Waals surface area (Å²) in [7, 11) is 0. The Morgan fingerprint density at radius 3 is 2.66 bits per heavy atom. The first kappa shape index (κ1) is 20.5. The van der Waals surface area contributed by atoms with E-state index >= 15 is 0 Å². The molecule has 2 aromatic carbocycles. The SMILES string of the molecule is CC[C@@]1(c2cccc(C(F)(F)F)c2)C2=CN=NC2NC2=C1C(=O)N(c1ccccc1)CC2. The molecular formula is C24H21F3N4O. The number of azo groups is 1. The fourth-order valence-electron chi connectivity index (χ4n) is 5.06. The fraction of sp³-hybridized carbons (Fsp3) is 0.292. The van der Waals surface area contributed by atoms with Gasteiger partial charge in [-0.2, -0.15) is 23.4 Å². The highest BCUT2D eigenvalue weighted by atomic mass is 19.4. The number of benzene rings is 2. The van der Waals surface area contributed by atoms with Crippen LogP contribution in [0.5, 0.6) is 0 Å². The lowest BCUT2D eigenvalue weighted by Gasteiger charge is -2.47. The molecule has 0 bridgehead atoms. The molecule has 2 aromatic rings. The summed E-state index contributed by atoms with van der Waals surface area (Å²) in [4.78, 5) is 15.6. The molecule has 3 aliphatic heterocycles. The van der Waals surface area contributed by atoms with Gasteiger partial charge in [0.25, 0.3) is 5.91 Å². The predicted molar refractivity (Wildman–Crippen MR) is 114 cm³/mol. The molecule has 2 atom stereocenters. The van der Waals surface area contributed by atoms with Crippen LogP contribution in [-0.4, -0.2) is 18.6 Å². The Morgan fingerprint density at radius 1 is 1.16 bits per heavy atom. The van der Waals surface area contributed by atoms with E-state index in [9.17, 15) is 18.0 Å². The zero-order valence-corrected chi connectivity index (χ0v) is 17.4. The number of halogens is 3. The molecule has 1 unspecified atom stereocenters. The van der Waals surface area contributed by atoms with E-state index in [1.807, 2.05) is 37.3 Å². The zero-order valence-electron chi connectivity index (χ0n) is 17.4. The van der Waals surface area contributed by atoms with Crippen LogP contribution in [0, 0.1) is 0 Å². The second-order valence-corrected chi connectivity index (χ2v) is 8.10. The molecule has 0 spiro atoms. The molecule has 0 saturated heterocycles. The third kappa shape index (κ3) is 2.97. The second-order valence-electron chi connectivity index (χ2n) is 8.10. The van der Waals surface area contributed by atoms with Crippen LogP contribution in [0.2, 0.25) is 0 Å². The van der Waals surface area contributed by atoms with Crippen LogP contribution in [-0.2, 0) is 16.4 Å². The lowest BCUT2D eigenvalue weighted by Crippen LogP contribution is -2.54. The number of rotatable bonds is 3. The minimum absolute atomic E-state index is 0.213. The number of fused-ring (bicyclic) bond motifs is 1. The van der Waals surface area contributed by atoms with Crippen molar-refractivity contribution in [1.29, 1.82) is 0 Å². The van der Waals surface area contributed by atoms with Gasteiger partial charge in [0.15, 0.2) is 6.17 Å². The summed E-state index contributed by atoms with van der Waals surface area (Å²) >= 11 is 0. The maximum absolute atomic E-state index is 13.9. The number of para-hydroxylation sites is 1. The molecule has 1 amide bonds. The van der Waals surface area contributed by atoms with Gasteiger partial charge in [-0.3, -0.25) is 4.79 Å². The van der Waals surface area contributed by atoms with Crippen LogP contribution in [0.3, 0.4) is 0 Å². The Bertz CT molecular complexity index is 1170. The maximum Gasteiger partial charge on any atom is 0.416 e. The van der Waals surface area contributed by atoms with Gasteiger partial charge in [-0.1, -0.05) is 43.3 Å². The number of anilines is 1. The molecule has 0 radical (unpaired) electrons. The van der Waals surface area contributed by atoms with Crippen molar-refractivity contribution in [2.24, 2.45) is 10.2 Å². The van der Waals surface area contributed by atoms with Gasteiger partial charge < -0.3 is 10.2 Å². The first-order valence-electron chi connectivity index (χ1n) is 10.5. The predicted octanol–water partition coefficient (Wildman–Crippen LogP) is 5.32. The quantitative estimate of drug-likeness (QED) is 0.705. The highest BCUT2D eigenvalue weighted by Crippen LogP contribution is 2.51. The highest BCUT2D eigenvalue weighted by Gasteiger charge is 2.53. The molecular weight excluding hydrogens is 417 g/mol. The van der Waals surface area contributed by atoms with Gasteiger partial charge in [-0.05, 0) is 30.2 Å². The monoisotopic (exact) mass is 438 g/mol. The summed E-state index contributed by atoms with van der Waals surface area (Å²) in [5.41, 5.74) is 1.29. The third-order valence-electron chi connectivity index (χ3n) is 6.53. The number of nitrogens with one attached hydrogen (secondary N) is 1. The second kappa shape index (κ2) is 7.32. The molecule has 32 heavy (non-hydrogen) atoms. The lowest BCUT2D eigenvalue weighted by molar-refractivity contribution is -0.137. The number of amides is 1. The molecule has 0 saturated carbocycles. The minimum atomic E-state index is -4.49. The van der Waals surface area contributed by atoms with Crippen molar-refractivity contribution in [2.75, 3.05) is 11.4 Å². The third-order valence-corrected chi connectivity index (χ3v) is 6.53. The van der Waals surface area contributed by atoms with Crippen molar-refractivity contribution < 1.29 is 18.0 Å². The van der Waals surface area contributed by atoms with Crippen molar-refractivity contribution in [3.8, 4) is 0 Å². The van der Waals surface area contributed by atoms with Crippen LogP contribution in [0.1, 0.15) is 30.9 Å². The summed E-state index contributed by atoms with van der Waals surface area (Å²) in [6.45, 7) is 2.36. The Balaban J connectivity index is 1.72. The van der Waals surface area contributed by atoms with Gasteiger partial charge in [-0.15, -0.1) is 0 Å². The molecule has 0 fully saturated rings. The molecule has 3 heterocycles. The van der Waals surface area contributed by atoms with Crippen LogP contribution < -0.4 is 10.2 Å². The summed E-state index contributed by atoms with van der Waals surface area (Å²) in [6.07, 6.45) is -2.44. The van der Waals surface area contributed by atoms with Crippen molar-refractivity contribution in [3.63, 3.8) is 0 Å². The Labute approximate surface area is 183 Å². The summed E-state index contributed by atoms with van der Waals surface area (Å²) in [5.74, 6) is -0.213. The number of alkyl halides is 3. The van der Waals surface area contributed by atoms with Crippen molar-refractivity contribution >= 4 is 11.6 Å². The maximum atomic E-state index is 13.9. The van der Waals surface area contributed by atoms with Crippen molar-refractivity contribution in [3.05, 3.63) is 88.8 Å². The van der Waals surface area contributed by atoms with Gasteiger partial charge in [0.1, 0.15) is 0 Å². The molecule has 164 valence electrons. The number of nitrogens with zero attached hydrogens (tertiary/aromatic N) is 3. The van der Waals surface area contributed by atoms with E-state index in [-0.39, 0.29) is 5.91 Å². The van der Waals surface area contributed by atoms with Crippen LogP contribution in [0.25, 0.3) is 0 Å². The van der Waals surface area contributed by atoms with Gasteiger partial charge in [0.05, 0.1) is 22.8 Å². The average Bonchev–Trinajstić information content (AvgIpc) is 3.27. The zero-order chi connectivity index (χ0) is 22.5. The molecule has 5 nitrogen and oxygen atoms in total. The van der Waals surface area contributed by atoms with Gasteiger partial charge in [0.2, 0.25) is 0 Å². The van der Waals surface area contributed by atoms with Crippen LogP contribution in [0.15, 0.2) is 87.9 Å². The van der Waals surface area contributed by atoms with Crippen molar-refractivity contribution in [1.82, 2.24) is 5.32 Å². The summed E-state index contributed by atoms with van der Waals surface area (Å²) in [5, 5.41) is 11.6. The molecule has 5 rings (SSSR count). The van der Waals surface area contributed by atoms with Crippen LogP contribution >= 0.6 is 0 Å². The standard InChI is InChI=1S/C24H21F3N4O/c1-2-23(15-7-6-8-16(13-15)24(25,26)27)18-14-28-30-21(18)29-19-11-12-31(22(32)20(19)23)17-9-4-3-5-10-17/h3-10,13-14,21,29H,2,11-12H2,1H3/t21?,23-/m1/s1. The normalized spacial score (nSPS) is 24.8.